The van der Waals surface area contributed by atoms with Gasteiger partial charge in [0.2, 0.25) is 21.8 Å². The fourth-order valence-electron chi connectivity index (χ4n) is 3.74. The molecule has 0 spiro atoms. The van der Waals surface area contributed by atoms with Gasteiger partial charge in [0.1, 0.15) is 6.61 Å². The number of esters is 1. The summed E-state index contributed by atoms with van der Waals surface area (Å²) in [7, 11) is -3.57. The van der Waals surface area contributed by atoms with Crippen LogP contribution in [0, 0.1) is 0 Å². The molecule has 0 N–H and O–H groups in total. The zero-order chi connectivity index (χ0) is 25.0. The van der Waals surface area contributed by atoms with Crippen molar-refractivity contribution in [2.45, 2.75) is 11.5 Å². The minimum Gasteiger partial charge on any atom is -0.457 e. The van der Waals surface area contributed by atoms with Crippen LogP contribution in [-0.2, 0) is 26.1 Å². The normalized spacial score (nSPS) is 14.4. The Balaban J connectivity index is 1.23. The molecule has 9 nitrogen and oxygen atoms in total. The molecule has 1 aromatic heterocycles. The summed E-state index contributed by atoms with van der Waals surface area (Å²) in [4.78, 5) is 12.9. The number of aromatic nitrogens is 2. The molecule has 4 aromatic rings. The molecule has 36 heavy (non-hydrogen) atoms. The van der Waals surface area contributed by atoms with E-state index >= 15 is 0 Å². The quantitative estimate of drug-likeness (QED) is 0.349. The lowest BCUT2D eigenvalue weighted by Crippen LogP contribution is -2.40. The monoisotopic (exact) mass is 505 g/mol. The lowest BCUT2D eigenvalue weighted by atomic mass is 10.1. The summed E-state index contributed by atoms with van der Waals surface area (Å²) in [5.74, 6) is 0.155. The van der Waals surface area contributed by atoms with Gasteiger partial charge in [0.05, 0.1) is 23.7 Å². The van der Waals surface area contributed by atoms with Gasteiger partial charge >= 0.3 is 5.97 Å². The summed E-state index contributed by atoms with van der Waals surface area (Å²) >= 11 is 0. The number of benzene rings is 3. The van der Waals surface area contributed by atoms with Crippen LogP contribution in [0.4, 0.5) is 0 Å². The molecule has 5 rings (SSSR count). The molecular formula is C26H23N3O6S. The fraction of sp³-hybridized carbons (Fsp3) is 0.192. The van der Waals surface area contributed by atoms with Crippen LogP contribution in [0.15, 0.2) is 88.2 Å². The Bertz CT molecular complexity index is 1450. The number of sulfonamides is 1. The van der Waals surface area contributed by atoms with Crippen LogP contribution >= 0.6 is 0 Å². The molecule has 1 aliphatic rings. The lowest BCUT2D eigenvalue weighted by Gasteiger charge is -2.26. The van der Waals surface area contributed by atoms with Crippen molar-refractivity contribution < 1.29 is 27.1 Å². The number of carbonyl (C=O) groups excluding carboxylic acids is 1. The Morgan fingerprint density at radius 1 is 0.861 bits per heavy atom. The molecule has 0 radical (unpaired) electrons. The molecule has 0 aliphatic carbocycles. The molecule has 10 heteroatoms. The van der Waals surface area contributed by atoms with Crippen molar-refractivity contribution in [3.63, 3.8) is 0 Å². The molecule has 0 atom stereocenters. The van der Waals surface area contributed by atoms with E-state index in [0.717, 1.165) is 5.56 Å². The number of nitrogens with zero attached hydrogens (tertiary/aromatic N) is 3. The van der Waals surface area contributed by atoms with Crippen LogP contribution in [-0.4, -0.2) is 55.2 Å². The topological polar surface area (TPSA) is 112 Å². The van der Waals surface area contributed by atoms with Gasteiger partial charge in [-0.15, -0.1) is 10.2 Å². The van der Waals surface area contributed by atoms with Crippen molar-refractivity contribution in [3.05, 3.63) is 90.0 Å². The van der Waals surface area contributed by atoms with E-state index in [0.29, 0.717) is 54.8 Å². The first-order valence-corrected chi connectivity index (χ1v) is 12.8. The van der Waals surface area contributed by atoms with Crippen LogP contribution in [0.3, 0.4) is 0 Å². The summed E-state index contributed by atoms with van der Waals surface area (Å²) in [6.45, 7) is 1.43. The third-order valence-corrected chi connectivity index (χ3v) is 7.60. The molecule has 1 aliphatic heterocycles. The summed E-state index contributed by atoms with van der Waals surface area (Å²) in [6.07, 6.45) is 0. The van der Waals surface area contributed by atoms with E-state index in [-0.39, 0.29) is 11.5 Å². The van der Waals surface area contributed by atoms with Crippen LogP contribution in [0.5, 0.6) is 0 Å². The van der Waals surface area contributed by atoms with Crippen molar-refractivity contribution in [2.75, 3.05) is 26.3 Å². The van der Waals surface area contributed by atoms with E-state index in [1.807, 2.05) is 30.3 Å². The van der Waals surface area contributed by atoms with Gasteiger partial charge in [-0.25, -0.2) is 13.2 Å². The van der Waals surface area contributed by atoms with Crippen molar-refractivity contribution >= 4 is 16.0 Å². The summed E-state index contributed by atoms with van der Waals surface area (Å²) < 4.78 is 43.3. The van der Waals surface area contributed by atoms with Gasteiger partial charge in [-0.2, -0.15) is 4.31 Å². The molecule has 0 saturated carbocycles. The average molecular weight is 506 g/mol. The van der Waals surface area contributed by atoms with E-state index in [9.17, 15) is 13.2 Å². The Morgan fingerprint density at radius 2 is 1.53 bits per heavy atom. The standard InChI is InChI=1S/C26H23N3O6S/c30-26(34-18-19-9-11-23(12-10-19)36(31,32)29-13-15-33-16-14-29)22-8-4-7-21(17-22)25-28-27-24(35-25)20-5-2-1-3-6-20/h1-12,17H,13-16,18H2. The molecule has 3 aromatic carbocycles. The predicted octanol–water partition coefficient (Wildman–Crippen LogP) is 3.78. The van der Waals surface area contributed by atoms with E-state index in [4.69, 9.17) is 13.9 Å². The zero-order valence-corrected chi connectivity index (χ0v) is 20.1. The third-order valence-electron chi connectivity index (χ3n) is 5.69. The van der Waals surface area contributed by atoms with Crippen LogP contribution in [0.1, 0.15) is 15.9 Å². The second-order valence-corrected chi connectivity index (χ2v) is 10.0. The maximum absolute atomic E-state index is 12.7. The second kappa shape index (κ2) is 10.4. The average Bonchev–Trinajstić information content (AvgIpc) is 3.44. The first kappa shape index (κ1) is 23.9. The van der Waals surface area contributed by atoms with Gasteiger partial charge in [-0.1, -0.05) is 36.4 Å². The highest BCUT2D eigenvalue weighted by Gasteiger charge is 2.26. The Morgan fingerprint density at radius 3 is 2.25 bits per heavy atom. The van der Waals surface area contributed by atoms with E-state index < -0.39 is 16.0 Å². The smallest absolute Gasteiger partial charge is 0.338 e. The van der Waals surface area contributed by atoms with Gasteiger partial charge < -0.3 is 13.9 Å². The number of hydrogen-bond donors (Lipinski definition) is 0. The molecular weight excluding hydrogens is 482 g/mol. The van der Waals surface area contributed by atoms with Crippen molar-refractivity contribution in [1.82, 2.24) is 14.5 Å². The van der Waals surface area contributed by atoms with Crippen molar-refractivity contribution in [3.8, 4) is 22.9 Å². The fourth-order valence-corrected chi connectivity index (χ4v) is 5.15. The largest absolute Gasteiger partial charge is 0.457 e. The van der Waals surface area contributed by atoms with Gasteiger partial charge in [0.25, 0.3) is 0 Å². The molecule has 184 valence electrons. The maximum atomic E-state index is 12.7. The van der Waals surface area contributed by atoms with Gasteiger partial charge in [-0.05, 0) is 48.0 Å². The lowest BCUT2D eigenvalue weighted by molar-refractivity contribution is 0.0472. The number of hydrogen-bond acceptors (Lipinski definition) is 8. The predicted molar refractivity (Wildman–Crippen MR) is 130 cm³/mol. The van der Waals surface area contributed by atoms with Crippen molar-refractivity contribution in [2.24, 2.45) is 0 Å². The van der Waals surface area contributed by atoms with E-state index in [2.05, 4.69) is 10.2 Å². The highest BCUT2D eigenvalue weighted by Crippen LogP contribution is 2.25. The first-order valence-electron chi connectivity index (χ1n) is 11.3. The minimum absolute atomic E-state index is 0.000342. The molecule has 0 unspecified atom stereocenters. The number of morpholine rings is 1. The van der Waals surface area contributed by atoms with Crippen LogP contribution in [0.25, 0.3) is 22.9 Å². The third kappa shape index (κ3) is 5.20. The molecule has 0 amide bonds. The number of rotatable bonds is 7. The summed E-state index contributed by atoms with van der Waals surface area (Å²) in [5.41, 5.74) is 2.40. The first-order chi connectivity index (χ1) is 17.5. The van der Waals surface area contributed by atoms with Crippen LogP contribution in [0.2, 0.25) is 0 Å². The maximum Gasteiger partial charge on any atom is 0.338 e. The van der Waals surface area contributed by atoms with E-state index in [1.165, 1.54) is 16.4 Å². The molecule has 1 saturated heterocycles. The number of carbonyl (C=O) groups is 1. The highest BCUT2D eigenvalue weighted by atomic mass is 32.2. The SMILES string of the molecule is O=C(OCc1ccc(S(=O)(=O)N2CCOCC2)cc1)c1cccc(-c2nnc(-c3ccccc3)o2)c1. The van der Waals surface area contributed by atoms with Gasteiger partial charge in [-0.3, -0.25) is 0 Å². The Kier molecular flexibility index (Phi) is 6.90. The second-order valence-electron chi connectivity index (χ2n) is 8.10. The Labute approximate surface area is 208 Å². The molecule has 0 bridgehead atoms. The number of ether oxygens (including phenoxy) is 2. The van der Waals surface area contributed by atoms with Crippen molar-refractivity contribution in [1.29, 1.82) is 0 Å². The van der Waals surface area contributed by atoms with E-state index in [1.54, 1.807) is 36.4 Å². The zero-order valence-electron chi connectivity index (χ0n) is 19.2. The van der Waals surface area contributed by atoms with Crippen LogP contribution < -0.4 is 0 Å². The summed E-state index contributed by atoms with van der Waals surface area (Å²) in [6, 6.07) is 22.5. The Hall–Kier alpha value is -3.86. The minimum atomic E-state index is -3.57. The molecule has 2 heterocycles. The summed E-state index contributed by atoms with van der Waals surface area (Å²) in [5, 5.41) is 8.17. The van der Waals surface area contributed by atoms with Gasteiger partial charge in [0.15, 0.2) is 0 Å². The highest BCUT2D eigenvalue weighted by molar-refractivity contribution is 7.89. The van der Waals surface area contributed by atoms with Gasteiger partial charge in [0, 0.05) is 24.2 Å². The molecule has 1 fully saturated rings.